The van der Waals surface area contributed by atoms with Crippen LogP contribution in [0.15, 0.2) is 30.3 Å². The van der Waals surface area contributed by atoms with Crippen LogP contribution in [0, 0.1) is 5.92 Å². The minimum absolute atomic E-state index is 0.114. The van der Waals surface area contributed by atoms with Crippen molar-refractivity contribution in [1.29, 1.82) is 0 Å². The average Bonchev–Trinajstić information content (AvgIpc) is 2.46. The molecule has 3 nitrogen and oxygen atoms in total. The van der Waals surface area contributed by atoms with Crippen LogP contribution < -0.4 is 0 Å². The van der Waals surface area contributed by atoms with Crippen molar-refractivity contribution in [2.45, 2.75) is 12.7 Å². The molecule has 1 heterocycles. The Morgan fingerprint density at radius 2 is 2.20 bits per heavy atom. The molecule has 2 aromatic rings. The molecule has 5 heteroatoms. The molecule has 0 aliphatic rings. The lowest BCUT2D eigenvalue weighted by Gasteiger charge is -2.09. The Morgan fingerprint density at radius 1 is 1.45 bits per heavy atom. The van der Waals surface area contributed by atoms with Gasteiger partial charge in [-0.05, 0) is 12.1 Å². The van der Waals surface area contributed by atoms with E-state index in [1.54, 1.807) is 11.8 Å². The second-order valence-electron chi connectivity index (χ2n) is 4.57. The van der Waals surface area contributed by atoms with Gasteiger partial charge in [-0.1, -0.05) is 36.7 Å². The Kier molecular flexibility index (Phi) is 5.26. The van der Waals surface area contributed by atoms with E-state index in [4.69, 9.17) is 16.3 Å². The summed E-state index contributed by atoms with van der Waals surface area (Å²) in [6, 6.07) is 9.94. The van der Waals surface area contributed by atoms with Gasteiger partial charge >= 0.3 is 5.97 Å². The number of nitrogens with zero attached hydrogens (tertiary/aromatic N) is 1. The highest BCUT2D eigenvalue weighted by Crippen LogP contribution is 2.25. The van der Waals surface area contributed by atoms with Crippen molar-refractivity contribution >= 4 is 40.2 Å². The molecule has 0 amide bonds. The van der Waals surface area contributed by atoms with Gasteiger partial charge in [-0.3, -0.25) is 4.79 Å². The number of methoxy groups -OCH3 is 1. The van der Waals surface area contributed by atoms with Crippen LogP contribution >= 0.6 is 23.4 Å². The predicted molar refractivity (Wildman–Crippen MR) is 84.1 cm³/mol. The van der Waals surface area contributed by atoms with Crippen LogP contribution in [0.25, 0.3) is 10.9 Å². The molecule has 2 rings (SSSR count). The summed E-state index contributed by atoms with van der Waals surface area (Å²) >= 11 is 7.85. The van der Waals surface area contributed by atoms with E-state index in [9.17, 15) is 4.79 Å². The van der Waals surface area contributed by atoms with E-state index in [0.717, 1.165) is 22.2 Å². The summed E-state index contributed by atoms with van der Waals surface area (Å²) in [5.74, 6) is 1.14. The zero-order chi connectivity index (χ0) is 14.5. The highest BCUT2D eigenvalue weighted by Gasteiger charge is 2.13. The minimum Gasteiger partial charge on any atom is -0.469 e. The van der Waals surface area contributed by atoms with Gasteiger partial charge in [0.25, 0.3) is 0 Å². The van der Waals surface area contributed by atoms with Gasteiger partial charge in [0.05, 0.1) is 18.5 Å². The minimum atomic E-state index is -0.180. The number of carbonyl (C=O) groups excluding carboxylic acids is 1. The number of fused-ring (bicyclic) bond motifs is 1. The highest BCUT2D eigenvalue weighted by molar-refractivity contribution is 7.98. The lowest BCUT2D eigenvalue weighted by Crippen LogP contribution is -2.14. The maximum atomic E-state index is 11.3. The standard InChI is InChI=1S/C15H16ClNO2S/c1-10(15(18)19-2)8-20-9-12-7-11-5-3-4-6-13(11)17-14(12)16/h3-7,10H,8-9H2,1-2H3. The zero-order valence-corrected chi connectivity index (χ0v) is 13.0. The molecule has 0 saturated carbocycles. The Balaban J connectivity index is 2.03. The Hall–Kier alpha value is -1.26. The average molecular weight is 310 g/mol. The fourth-order valence-corrected chi connectivity index (χ4v) is 3.19. The number of pyridine rings is 1. The number of hydrogen-bond donors (Lipinski definition) is 0. The van der Waals surface area contributed by atoms with Crippen molar-refractivity contribution in [3.63, 3.8) is 0 Å². The predicted octanol–water partition coefficient (Wildman–Crippen LogP) is 3.93. The van der Waals surface area contributed by atoms with Gasteiger partial charge in [-0.15, -0.1) is 0 Å². The summed E-state index contributed by atoms with van der Waals surface area (Å²) in [5, 5.41) is 1.61. The van der Waals surface area contributed by atoms with Crippen LogP contribution in [0.4, 0.5) is 0 Å². The van der Waals surface area contributed by atoms with Gasteiger partial charge in [0.2, 0.25) is 0 Å². The second kappa shape index (κ2) is 6.95. The number of rotatable bonds is 5. The number of carbonyl (C=O) groups is 1. The number of ether oxygens (including phenoxy) is 1. The number of esters is 1. The number of aromatic nitrogens is 1. The highest BCUT2D eigenvalue weighted by atomic mass is 35.5. The number of para-hydroxylation sites is 1. The number of benzene rings is 1. The first-order chi connectivity index (χ1) is 9.61. The molecule has 0 N–H and O–H groups in total. The van der Waals surface area contributed by atoms with Crippen molar-refractivity contribution in [3.05, 3.63) is 41.0 Å². The zero-order valence-electron chi connectivity index (χ0n) is 11.4. The third kappa shape index (κ3) is 3.64. The van der Waals surface area contributed by atoms with E-state index in [0.29, 0.717) is 10.9 Å². The van der Waals surface area contributed by atoms with Crippen molar-refractivity contribution in [2.24, 2.45) is 5.92 Å². The van der Waals surface area contributed by atoms with E-state index in [1.807, 2.05) is 31.2 Å². The van der Waals surface area contributed by atoms with E-state index >= 15 is 0 Å². The molecule has 1 aromatic carbocycles. The first-order valence-electron chi connectivity index (χ1n) is 6.31. The molecular formula is C15H16ClNO2S. The largest absolute Gasteiger partial charge is 0.469 e. The summed E-state index contributed by atoms with van der Waals surface area (Å²) in [4.78, 5) is 15.7. The van der Waals surface area contributed by atoms with Gasteiger partial charge in [-0.25, -0.2) is 4.98 Å². The van der Waals surface area contributed by atoms with Crippen LogP contribution in [-0.4, -0.2) is 23.8 Å². The molecule has 1 aromatic heterocycles. The van der Waals surface area contributed by atoms with E-state index in [-0.39, 0.29) is 11.9 Å². The second-order valence-corrected chi connectivity index (χ2v) is 5.96. The van der Waals surface area contributed by atoms with Gasteiger partial charge in [0.1, 0.15) is 5.15 Å². The van der Waals surface area contributed by atoms with Gasteiger partial charge in [-0.2, -0.15) is 11.8 Å². The molecule has 1 atom stereocenters. The van der Waals surface area contributed by atoms with Crippen LogP contribution in [-0.2, 0) is 15.3 Å². The van der Waals surface area contributed by atoms with Crippen molar-refractivity contribution in [2.75, 3.05) is 12.9 Å². The quantitative estimate of drug-likeness (QED) is 0.619. The van der Waals surface area contributed by atoms with Gasteiger partial charge < -0.3 is 4.74 Å². The first-order valence-corrected chi connectivity index (χ1v) is 7.85. The molecule has 0 fully saturated rings. The molecule has 0 radical (unpaired) electrons. The molecule has 20 heavy (non-hydrogen) atoms. The summed E-state index contributed by atoms with van der Waals surface area (Å²) in [7, 11) is 1.41. The lowest BCUT2D eigenvalue weighted by molar-refractivity contribution is -0.143. The normalized spacial score (nSPS) is 12.3. The van der Waals surface area contributed by atoms with Gasteiger partial charge in [0, 0.05) is 22.5 Å². The van der Waals surface area contributed by atoms with E-state index < -0.39 is 0 Å². The van der Waals surface area contributed by atoms with Crippen molar-refractivity contribution in [3.8, 4) is 0 Å². The Morgan fingerprint density at radius 3 is 2.95 bits per heavy atom. The first kappa shape index (κ1) is 15.1. The summed E-state index contributed by atoms with van der Waals surface area (Å²) in [6.07, 6.45) is 0. The number of hydrogen-bond acceptors (Lipinski definition) is 4. The third-order valence-corrected chi connectivity index (χ3v) is 4.56. The van der Waals surface area contributed by atoms with E-state index in [2.05, 4.69) is 11.1 Å². The SMILES string of the molecule is COC(=O)C(C)CSCc1cc2ccccc2nc1Cl. The third-order valence-electron chi connectivity index (χ3n) is 2.98. The molecule has 0 bridgehead atoms. The monoisotopic (exact) mass is 309 g/mol. The maximum Gasteiger partial charge on any atom is 0.309 e. The summed E-state index contributed by atoms with van der Waals surface area (Å²) < 4.78 is 4.71. The van der Waals surface area contributed by atoms with Crippen molar-refractivity contribution < 1.29 is 9.53 Å². The molecule has 1 unspecified atom stereocenters. The number of halogens is 1. The van der Waals surface area contributed by atoms with Crippen LogP contribution in [0.3, 0.4) is 0 Å². The molecule has 106 valence electrons. The molecule has 0 aliphatic heterocycles. The molecule has 0 aliphatic carbocycles. The molecule has 0 saturated heterocycles. The lowest BCUT2D eigenvalue weighted by atomic mass is 10.2. The van der Waals surface area contributed by atoms with E-state index in [1.165, 1.54) is 7.11 Å². The molecule has 0 spiro atoms. The summed E-state index contributed by atoms with van der Waals surface area (Å²) in [5.41, 5.74) is 1.89. The maximum absolute atomic E-state index is 11.3. The fraction of sp³-hybridized carbons (Fsp3) is 0.333. The van der Waals surface area contributed by atoms with Crippen LogP contribution in [0.5, 0.6) is 0 Å². The number of thioether (sulfide) groups is 1. The Bertz CT molecular complexity index is 618. The Labute approximate surface area is 127 Å². The van der Waals surface area contributed by atoms with Gasteiger partial charge in [0.15, 0.2) is 0 Å². The van der Waals surface area contributed by atoms with Crippen LogP contribution in [0.1, 0.15) is 12.5 Å². The summed E-state index contributed by atoms with van der Waals surface area (Å²) in [6.45, 7) is 1.86. The molecular weight excluding hydrogens is 294 g/mol. The van der Waals surface area contributed by atoms with Crippen LogP contribution in [0.2, 0.25) is 5.15 Å². The smallest absolute Gasteiger partial charge is 0.309 e. The fourth-order valence-electron chi connectivity index (χ4n) is 1.85. The van der Waals surface area contributed by atoms with Crippen molar-refractivity contribution in [1.82, 2.24) is 4.98 Å². The topological polar surface area (TPSA) is 39.2 Å².